The molecule has 1 aliphatic carbocycles. The summed E-state index contributed by atoms with van der Waals surface area (Å²) < 4.78 is 0. The Labute approximate surface area is 184 Å². The Hall–Kier alpha value is -1.59. The zero-order valence-electron chi connectivity index (χ0n) is 18.6. The lowest BCUT2D eigenvalue weighted by atomic mass is 9.74. The molecule has 0 saturated heterocycles. The van der Waals surface area contributed by atoms with Crippen LogP contribution in [0, 0.1) is 23.2 Å². The van der Waals surface area contributed by atoms with Crippen molar-refractivity contribution in [3.05, 3.63) is 46.9 Å². The van der Waals surface area contributed by atoms with Crippen molar-refractivity contribution >= 4 is 23.5 Å². The highest BCUT2D eigenvalue weighted by atomic mass is 32.2. The first-order valence-electron chi connectivity index (χ1n) is 11.0. The molecular formula is C25H35NO3S. The number of thioether (sulfide) groups is 1. The molecule has 1 saturated carbocycles. The van der Waals surface area contributed by atoms with E-state index < -0.39 is 6.10 Å². The summed E-state index contributed by atoms with van der Waals surface area (Å²) in [6.07, 6.45) is 3.60. The number of nitrogens with one attached hydrogen (secondary N) is 1. The number of aliphatic hydroxyl groups is 1. The Bertz CT molecular complexity index is 781. The molecule has 4 nitrogen and oxygen atoms in total. The Kier molecular flexibility index (Phi) is 7.46. The van der Waals surface area contributed by atoms with Crippen LogP contribution in [-0.4, -0.2) is 22.9 Å². The van der Waals surface area contributed by atoms with Gasteiger partial charge in [-0.1, -0.05) is 58.0 Å². The van der Waals surface area contributed by atoms with Gasteiger partial charge in [0.25, 0.3) is 0 Å². The maximum atomic E-state index is 12.7. The van der Waals surface area contributed by atoms with Gasteiger partial charge in [-0.15, -0.1) is 11.8 Å². The van der Waals surface area contributed by atoms with Crippen molar-refractivity contribution in [2.75, 3.05) is 0 Å². The molecule has 1 heterocycles. The van der Waals surface area contributed by atoms with E-state index in [1.165, 1.54) is 5.56 Å². The number of Topliss-reactive ketones (excluding diaryl/α,β-unsaturated/α-hetero) is 1. The van der Waals surface area contributed by atoms with Crippen LogP contribution < -0.4 is 5.32 Å². The summed E-state index contributed by atoms with van der Waals surface area (Å²) in [5.74, 6) is 0.122. The number of amides is 1. The lowest BCUT2D eigenvalue weighted by Crippen LogP contribution is -2.40. The lowest BCUT2D eigenvalue weighted by molar-refractivity contribution is -0.132. The van der Waals surface area contributed by atoms with Crippen molar-refractivity contribution in [2.24, 2.45) is 23.2 Å². The maximum absolute atomic E-state index is 12.7. The monoisotopic (exact) mass is 429 g/mol. The molecule has 0 spiro atoms. The van der Waals surface area contributed by atoms with Gasteiger partial charge in [0, 0.05) is 30.1 Å². The van der Waals surface area contributed by atoms with Gasteiger partial charge < -0.3 is 10.4 Å². The summed E-state index contributed by atoms with van der Waals surface area (Å²) in [5, 5.41) is 15.9. The molecule has 5 heteroatoms. The predicted octanol–water partition coefficient (Wildman–Crippen LogP) is 5.02. The van der Waals surface area contributed by atoms with E-state index >= 15 is 0 Å². The summed E-state index contributed by atoms with van der Waals surface area (Å²) in [6, 6.07) is 8.45. The SMILES string of the molecule is CC1C=CSC1c1ccc(CNC(=O)[C@@H]2CC(O)CC(C(=O)CC(C)(C)C)C2)cc1. The third-order valence-electron chi connectivity index (χ3n) is 6.07. The summed E-state index contributed by atoms with van der Waals surface area (Å²) in [6.45, 7) is 8.83. The van der Waals surface area contributed by atoms with Crippen LogP contribution in [0.2, 0.25) is 0 Å². The van der Waals surface area contributed by atoms with Gasteiger partial charge >= 0.3 is 0 Å². The third-order valence-corrected chi connectivity index (χ3v) is 7.38. The van der Waals surface area contributed by atoms with Crippen LogP contribution in [-0.2, 0) is 16.1 Å². The van der Waals surface area contributed by atoms with E-state index in [0.29, 0.717) is 43.4 Å². The molecule has 2 aliphatic rings. The Morgan fingerprint density at radius 1 is 1.10 bits per heavy atom. The van der Waals surface area contributed by atoms with Crippen LogP contribution in [0.15, 0.2) is 35.7 Å². The lowest BCUT2D eigenvalue weighted by Gasteiger charge is -2.32. The minimum atomic E-state index is -0.581. The fourth-order valence-corrected chi connectivity index (χ4v) is 5.61. The van der Waals surface area contributed by atoms with E-state index in [-0.39, 0.29) is 28.9 Å². The average Bonchev–Trinajstić information content (AvgIpc) is 3.10. The molecule has 0 aromatic heterocycles. The van der Waals surface area contributed by atoms with Crippen LogP contribution in [0.4, 0.5) is 0 Å². The number of carbonyl (C=O) groups excluding carboxylic acids is 2. The zero-order valence-corrected chi connectivity index (χ0v) is 19.4. The van der Waals surface area contributed by atoms with Gasteiger partial charge in [0.05, 0.1) is 6.10 Å². The fourth-order valence-electron chi connectivity index (χ4n) is 4.45. The van der Waals surface area contributed by atoms with Crippen LogP contribution in [0.25, 0.3) is 0 Å². The van der Waals surface area contributed by atoms with Crippen molar-refractivity contribution in [3.63, 3.8) is 0 Å². The van der Waals surface area contributed by atoms with E-state index in [2.05, 4.69) is 48.0 Å². The topological polar surface area (TPSA) is 66.4 Å². The number of aliphatic hydroxyl groups excluding tert-OH is 1. The molecule has 0 radical (unpaired) electrons. The van der Waals surface area contributed by atoms with Crippen LogP contribution in [0.3, 0.4) is 0 Å². The van der Waals surface area contributed by atoms with Crippen molar-refractivity contribution < 1.29 is 14.7 Å². The molecule has 164 valence electrons. The number of rotatable bonds is 6. The average molecular weight is 430 g/mol. The van der Waals surface area contributed by atoms with Crippen molar-refractivity contribution in [1.29, 1.82) is 0 Å². The number of benzene rings is 1. The highest BCUT2D eigenvalue weighted by Gasteiger charge is 2.36. The van der Waals surface area contributed by atoms with E-state index in [0.717, 1.165) is 5.56 Å². The van der Waals surface area contributed by atoms with E-state index in [4.69, 9.17) is 0 Å². The molecule has 4 unspecified atom stereocenters. The van der Waals surface area contributed by atoms with Gasteiger partial charge in [0.1, 0.15) is 5.78 Å². The molecule has 1 amide bonds. The van der Waals surface area contributed by atoms with E-state index in [1.54, 1.807) is 0 Å². The first-order chi connectivity index (χ1) is 14.1. The van der Waals surface area contributed by atoms with Crippen LogP contribution >= 0.6 is 11.8 Å². The number of hydrogen-bond acceptors (Lipinski definition) is 4. The van der Waals surface area contributed by atoms with Crippen molar-refractivity contribution in [2.45, 2.75) is 71.3 Å². The fraction of sp³-hybridized carbons (Fsp3) is 0.600. The Balaban J connectivity index is 1.53. The summed E-state index contributed by atoms with van der Waals surface area (Å²) >= 11 is 1.85. The summed E-state index contributed by atoms with van der Waals surface area (Å²) in [5.41, 5.74) is 2.30. The molecule has 1 fully saturated rings. The minimum Gasteiger partial charge on any atom is -0.393 e. The Morgan fingerprint density at radius 2 is 1.77 bits per heavy atom. The first-order valence-corrected chi connectivity index (χ1v) is 12.0. The second kappa shape index (κ2) is 9.69. The highest BCUT2D eigenvalue weighted by Crippen LogP contribution is 2.42. The van der Waals surface area contributed by atoms with Crippen molar-refractivity contribution in [3.8, 4) is 0 Å². The summed E-state index contributed by atoms with van der Waals surface area (Å²) in [7, 11) is 0. The largest absolute Gasteiger partial charge is 0.393 e. The number of ketones is 1. The van der Waals surface area contributed by atoms with Gasteiger partial charge in [-0.3, -0.25) is 9.59 Å². The third kappa shape index (κ3) is 6.21. The molecule has 5 atom stereocenters. The predicted molar refractivity (Wildman–Crippen MR) is 123 cm³/mol. The molecule has 1 aliphatic heterocycles. The van der Waals surface area contributed by atoms with Crippen LogP contribution in [0.1, 0.15) is 69.8 Å². The second-order valence-corrected chi connectivity index (χ2v) is 11.2. The zero-order chi connectivity index (χ0) is 21.9. The molecule has 30 heavy (non-hydrogen) atoms. The molecule has 2 N–H and O–H groups in total. The number of carbonyl (C=O) groups is 2. The highest BCUT2D eigenvalue weighted by molar-refractivity contribution is 8.02. The quantitative estimate of drug-likeness (QED) is 0.666. The number of allylic oxidation sites excluding steroid dienone is 1. The van der Waals surface area contributed by atoms with Crippen molar-refractivity contribution in [1.82, 2.24) is 5.32 Å². The molecular weight excluding hydrogens is 394 g/mol. The molecule has 1 aromatic rings. The maximum Gasteiger partial charge on any atom is 0.223 e. The molecule has 1 aromatic carbocycles. The van der Waals surface area contributed by atoms with Gasteiger partial charge in [-0.05, 0) is 47.1 Å². The smallest absolute Gasteiger partial charge is 0.223 e. The number of hydrogen-bond donors (Lipinski definition) is 2. The van der Waals surface area contributed by atoms with Gasteiger partial charge in [0.2, 0.25) is 5.91 Å². The van der Waals surface area contributed by atoms with Gasteiger partial charge in [-0.25, -0.2) is 0 Å². The summed E-state index contributed by atoms with van der Waals surface area (Å²) in [4.78, 5) is 25.4. The van der Waals surface area contributed by atoms with Gasteiger partial charge in [0.15, 0.2) is 0 Å². The van der Waals surface area contributed by atoms with Gasteiger partial charge in [-0.2, -0.15) is 0 Å². The second-order valence-electron chi connectivity index (χ2n) is 10.2. The van der Waals surface area contributed by atoms with E-state index in [1.807, 2.05) is 32.5 Å². The Morgan fingerprint density at radius 3 is 2.37 bits per heavy atom. The minimum absolute atomic E-state index is 0.0597. The molecule has 0 bridgehead atoms. The normalized spacial score (nSPS) is 29.0. The molecule has 3 rings (SSSR count). The van der Waals surface area contributed by atoms with E-state index in [9.17, 15) is 14.7 Å². The first kappa shape index (κ1) is 23.1. The van der Waals surface area contributed by atoms with Crippen LogP contribution in [0.5, 0.6) is 0 Å². The standard InChI is InChI=1S/C25H35NO3S/c1-16-9-10-30-23(16)18-7-5-17(6-8-18)15-26-24(29)20-11-19(12-21(27)13-20)22(28)14-25(2,3)4/h5-10,16,19-21,23,27H,11-15H2,1-4H3,(H,26,29)/t16?,19?,20-,21?,23?/m0/s1.